The Labute approximate surface area is 77.1 Å². The molecular formula is C8H17F2NO2. The molecular weight excluding hydrogens is 180 g/mol. The van der Waals surface area contributed by atoms with E-state index in [4.69, 9.17) is 5.11 Å². The molecule has 0 aliphatic rings. The van der Waals surface area contributed by atoms with Gasteiger partial charge in [0.25, 0.3) is 6.43 Å². The molecule has 13 heavy (non-hydrogen) atoms. The third kappa shape index (κ3) is 8.08. The third-order valence-corrected chi connectivity index (χ3v) is 1.35. The van der Waals surface area contributed by atoms with E-state index in [1.807, 2.05) is 13.8 Å². The zero-order valence-corrected chi connectivity index (χ0v) is 7.96. The Morgan fingerprint density at radius 3 is 2.31 bits per heavy atom. The zero-order chi connectivity index (χ0) is 10.3. The summed E-state index contributed by atoms with van der Waals surface area (Å²) in [4.78, 5) is 0. The van der Waals surface area contributed by atoms with Crippen LogP contribution in [-0.2, 0) is 4.74 Å². The van der Waals surface area contributed by atoms with Crippen LogP contribution in [0.4, 0.5) is 8.78 Å². The van der Waals surface area contributed by atoms with Crippen molar-refractivity contribution < 1.29 is 18.6 Å². The fourth-order valence-electron chi connectivity index (χ4n) is 0.924. The van der Waals surface area contributed by atoms with Crippen LogP contribution >= 0.6 is 0 Å². The molecule has 5 heteroatoms. The van der Waals surface area contributed by atoms with Crippen LogP contribution in [0.1, 0.15) is 13.8 Å². The lowest BCUT2D eigenvalue weighted by molar-refractivity contribution is 0.00269. The monoisotopic (exact) mass is 197 g/mol. The normalized spacial score (nSPS) is 14.1. The summed E-state index contributed by atoms with van der Waals surface area (Å²) in [5.74, 6) is 0. The molecule has 0 bridgehead atoms. The van der Waals surface area contributed by atoms with E-state index in [9.17, 15) is 8.78 Å². The number of hydrogen-bond acceptors (Lipinski definition) is 3. The maximum atomic E-state index is 11.6. The first kappa shape index (κ1) is 12.7. The summed E-state index contributed by atoms with van der Waals surface area (Å²) in [6.07, 6.45) is -2.45. The minimum Gasteiger partial charge on any atom is -0.395 e. The van der Waals surface area contributed by atoms with E-state index in [-0.39, 0.29) is 25.3 Å². The van der Waals surface area contributed by atoms with Gasteiger partial charge in [-0.2, -0.15) is 0 Å². The second-order valence-corrected chi connectivity index (χ2v) is 3.13. The van der Waals surface area contributed by atoms with Crippen molar-refractivity contribution >= 4 is 0 Å². The number of hydrogen-bond donors (Lipinski definition) is 2. The molecule has 0 fully saturated rings. The lowest BCUT2D eigenvalue weighted by atomic mass is 10.3. The van der Waals surface area contributed by atoms with Crippen molar-refractivity contribution in [2.75, 3.05) is 19.8 Å². The van der Waals surface area contributed by atoms with E-state index in [0.29, 0.717) is 0 Å². The van der Waals surface area contributed by atoms with Crippen molar-refractivity contribution in [3.63, 3.8) is 0 Å². The zero-order valence-electron chi connectivity index (χ0n) is 7.96. The van der Waals surface area contributed by atoms with Gasteiger partial charge in [0, 0.05) is 6.04 Å². The lowest BCUT2D eigenvalue weighted by Crippen LogP contribution is -2.41. The van der Waals surface area contributed by atoms with Crippen LogP contribution in [0.2, 0.25) is 0 Å². The molecule has 0 aromatic carbocycles. The van der Waals surface area contributed by atoms with Crippen LogP contribution < -0.4 is 5.32 Å². The Balaban J connectivity index is 3.48. The molecule has 1 unspecified atom stereocenters. The number of aliphatic hydroxyl groups is 1. The summed E-state index contributed by atoms with van der Waals surface area (Å²) in [5, 5.41) is 11.8. The van der Waals surface area contributed by atoms with Crippen molar-refractivity contribution in [2.24, 2.45) is 0 Å². The first-order chi connectivity index (χ1) is 6.06. The van der Waals surface area contributed by atoms with E-state index in [0.717, 1.165) is 0 Å². The highest BCUT2D eigenvalue weighted by atomic mass is 19.3. The summed E-state index contributed by atoms with van der Waals surface area (Å²) >= 11 is 0. The van der Waals surface area contributed by atoms with Crippen molar-refractivity contribution in [3.8, 4) is 0 Å². The lowest BCUT2D eigenvalue weighted by Gasteiger charge is -2.18. The van der Waals surface area contributed by atoms with Gasteiger partial charge in [-0.3, -0.25) is 0 Å². The molecule has 0 radical (unpaired) electrons. The molecule has 0 aromatic rings. The highest BCUT2D eigenvalue weighted by molar-refractivity contribution is 4.67. The van der Waals surface area contributed by atoms with Crippen molar-refractivity contribution in [1.82, 2.24) is 5.32 Å². The number of rotatable bonds is 7. The smallest absolute Gasteiger partial charge is 0.261 e. The molecule has 0 amide bonds. The molecule has 2 N–H and O–H groups in total. The summed E-state index contributed by atoms with van der Waals surface area (Å²) in [6.45, 7) is 3.25. The van der Waals surface area contributed by atoms with Crippen LogP contribution in [0, 0.1) is 0 Å². The summed E-state index contributed by atoms with van der Waals surface area (Å²) in [5.41, 5.74) is 0. The number of alkyl halides is 2. The standard InChI is InChI=1S/C8H17F2NO2/c1-6(2)11-7(3-12)4-13-5-8(9)10/h6-8,11-12H,3-5H2,1-2H3. The average molecular weight is 197 g/mol. The van der Waals surface area contributed by atoms with Crippen LogP contribution in [0.3, 0.4) is 0 Å². The topological polar surface area (TPSA) is 41.5 Å². The van der Waals surface area contributed by atoms with Gasteiger partial charge in [0.2, 0.25) is 0 Å². The van der Waals surface area contributed by atoms with Crippen molar-refractivity contribution in [2.45, 2.75) is 32.4 Å². The molecule has 80 valence electrons. The van der Waals surface area contributed by atoms with E-state index in [1.54, 1.807) is 0 Å². The largest absolute Gasteiger partial charge is 0.395 e. The molecule has 0 rings (SSSR count). The summed E-state index contributed by atoms with van der Waals surface area (Å²) in [7, 11) is 0. The number of nitrogens with one attached hydrogen (secondary N) is 1. The minimum atomic E-state index is -2.45. The number of aliphatic hydroxyl groups excluding tert-OH is 1. The van der Waals surface area contributed by atoms with Gasteiger partial charge < -0.3 is 15.2 Å². The predicted molar refractivity (Wildman–Crippen MR) is 46.0 cm³/mol. The Morgan fingerprint density at radius 2 is 1.92 bits per heavy atom. The van der Waals surface area contributed by atoms with Gasteiger partial charge in [-0.25, -0.2) is 8.78 Å². The van der Waals surface area contributed by atoms with E-state index in [2.05, 4.69) is 10.1 Å². The van der Waals surface area contributed by atoms with Gasteiger partial charge in [0.15, 0.2) is 0 Å². The van der Waals surface area contributed by atoms with Gasteiger partial charge >= 0.3 is 0 Å². The van der Waals surface area contributed by atoms with Crippen LogP contribution in [0.5, 0.6) is 0 Å². The fraction of sp³-hybridized carbons (Fsp3) is 1.00. The maximum Gasteiger partial charge on any atom is 0.261 e. The quantitative estimate of drug-likeness (QED) is 0.629. The highest BCUT2D eigenvalue weighted by Crippen LogP contribution is 1.94. The van der Waals surface area contributed by atoms with Gasteiger partial charge in [0.05, 0.1) is 19.3 Å². The first-order valence-electron chi connectivity index (χ1n) is 4.29. The fourth-order valence-corrected chi connectivity index (χ4v) is 0.924. The Hall–Kier alpha value is -0.260. The molecule has 0 spiro atoms. The Bertz CT molecular complexity index is 123. The Morgan fingerprint density at radius 1 is 1.31 bits per heavy atom. The SMILES string of the molecule is CC(C)NC(CO)COCC(F)F. The van der Waals surface area contributed by atoms with Crippen LogP contribution in [0.15, 0.2) is 0 Å². The minimum absolute atomic E-state index is 0.110. The molecule has 0 aliphatic carbocycles. The van der Waals surface area contributed by atoms with Gasteiger partial charge in [-0.15, -0.1) is 0 Å². The maximum absolute atomic E-state index is 11.6. The number of ether oxygens (including phenoxy) is 1. The number of halogens is 2. The highest BCUT2D eigenvalue weighted by Gasteiger charge is 2.10. The van der Waals surface area contributed by atoms with Gasteiger partial charge in [-0.05, 0) is 0 Å². The van der Waals surface area contributed by atoms with Crippen molar-refractivity contribution in [1.29, 1.82) is 0 Å². The van der Waals surface area contributed by atoms with Gasteiger partial charge in [0.1, 0.15) is 6.61 Å². The summed E-state index contributed by atoms with van der Waals surface area (Å²) < 4.78 is 28.0. The average Bonchev–Trinajstić information content (AvgIpc) is 2.01. The second kappa shape index (κ2) is 7.17. The van der Waals surface area contributed by atoms with Crippen molar-refractivity contribution in [3.05, 3.63) is 0 Å². The third-order valence-electron chi connectivity index (χ3n) is 1.35. The van der Waals surface area contributed by atoms with E-state index in [1.165, 1.54) is 0 Å². The molecule has 0 saturated carbocycles. The molecule has 0 heterocycles. The van der Waals surface area contributed by atoms with Crippen LogP contribution in [-0.4, -0.2) is 43.4 Å². The Kier molecular flexibility index (Phi) is 7.03. The molecule has 0 saturated heterocycles. The first-order valence-corrected chi connectivity index (χ1v) is 4.29. The van der Waals surface area contributed by atoms with E-state index < -0.39 is 13.0 Å². The molecule has 0 aromatic heterocycles. The predicted octanol–water partition coefficient (Wildman–Crippen LogP) is 0.627. The molecule has 0 aliphatic heterocycles. The molecule has 1 atom stereocenters. The van der Waals surface area contributed by atoms with Gasteiger partial charge in [-0.1, -0.05) is 13.8 Å². The molecule has 3 nitrogen and oxygen atoms in total. The summed E-state index contributed by atoms with van der Waals surface area (Å²) in [6, 6.07) is -0.0638. The van der Waals surface area contributed by atoms with E-state index >= 15 is 0 Å². The van der Waals surface area contributed by atoms with Crippen LogP contribution in [0.25, 0.3) is 0 Å². The second-order valence-electron chi connectivity index (χ2n) is 3.13.